The van der Waals surface area contributed by atoms with Gasteiger partial charge in [0.15, 0.2) is 5.96 Å². The first-order chi connectivity index (χ1) is 13.5. The van der Waals surface area contributed by atoms with Gasteiger partial charge in [-0.2, -0.15) is 0 Å². The van der Waals surface area contributed by atoms with Gasteiger partial charge in [0.2, 0.25) is 0 Å². The van der Waals surface area contributed by atoms with E-state index in [-0.39, 0.29) is 35.6 Å². The molecule has 0 spiro atoms. The molecule has 166 valence electrons. The molecule has 0 aliphatic carbocycles. The number of nitrogens with zero attached hydrogens (tertiary/aromatic N) is 2. The molecule has 1 atom stereocenters. The summed E-state index contributed by atoms with van der Waals surface area (Å²) in [5.41, 5.74) is 0.963. The molecule has 7 nitrogen and oxygen atoms in total. The van der Waals surface area contributed by atoms with E-state index in [1.165, 1.54) is 5.56 Å². The molecule has 1 saturated heterocycles. The fourth-order valence-electron chi connectivity index (χ4n) is 3.04. The highest BCUT2D eigenvalue weighted by Gasteiger charge is 2.23. The summed E-state index contributed by atoms with van der Waals surface area (Å²) >= 11 is 0. The third-order valence-corrected chi connectivity index (χ3v) is 4.96. The minimum absolute atomic E-state index is 0. The molecule has 1 unspecified atom stereocenters. The number of halogens is 1. The van der Waals surface area contributed by atoms with Crippen molar-refractivity contribution in [3.05, 3.63) is 29.8 Å². The van der Waals surface area contributed by atoms with Crippen LogP contribution in [0.3, 0.4) is 0 Å². The van der Waals surface area contributed by atoms with Crippen LogP contribution in [0.15, 0.2) is 29.3 Å². The van der Waals surface area contributed by atoms with Crippen LogP contribution in [0.1, 0.15) is 32.4 Å². The lowest BCUT2D eigenvalue weighted by Crippen LogP contribution is -2.46. The molecule has 2 N–H and O–H groups in total. The van der Waals surface area contributed by atoms with Crippen molar-refractivity contribution in [2.24, 2.45) is 4.99 Å². The number of nitrogens with one attached hydrogen (secondary N) is 2. The molecule has 1 fully saturated rings. The van der Waals surface area contributed by atoms with E-state index in [0.717, 1.165) is 51.1 Å². The van der Waals surface area contributed by atoms with Crippen LogP contribution in [-0.4, -0.2) is 76.6 Å². The Morgan fingerprint density at radius 1 is 1.17 bits per heavy atom. The summed E-state index contributed by atoms with van der Waals surface area (Å²) in [6, 6.07) is 8.54. The number of rotatable bonds is 9. The van der Waals surface area contributed by atoms with Crippen molar-refractivity contribution in [2.75, 3.05) is 60.2 Å². The molecule has 1 aliphatic heterocycles. The Balaban J connectivity index is 0.00000420. The monoisotopic (exact) mass is 520 g/mol. The van der Waals surface area contributed by atoms with Crippen molar-refractivity contribution in [1.29, 1.82) is 0 Å². The normalized spacial score (nSPS) is 16.7. The van der Waals surface area contributed by atoms with Crippen molar-refractivity contribution in [3.8, 4) is 5.75 Å². The highest BCUT2D eigenvalue weighted by molar-refractivity contribution is 14.0. The zero-order chi connectivity index (χ0) is 20.4. The first kappa shape index (κ1) is 25.9. The van der Waals surface area contributed by atoms with Crippen LogP contribution in [-0.2, 0) is 9.47 Å². The predicted octanol–water partition coefficient (Wildman–Crippen LogP) is 2.67. The maximum atomic E-state index is 5.54. The molecule has 1 aliphatic rings. The quantitative estimate of drug-likeness (QED) is 0.297. The van der Waals surface area contributed by atoms with Crippen LogP contribution in [0.25, 0.3) is 0 Å². The second kappa shape index (κ2) is 13.3. The van der Waals surface area contributed by atoms with Gasteiger partial charge in [-0.05, 0) is 38.5 Å². The maximum absolute atomic E-state index is 5.54. The van der Waals surface area contributed by atoms with Crippen LogP contribution in [0.4, 0.5) is 0 Å². The highest BCUT2D eigenvalue weighted by Crippen LogP contribution is 2.23. The summed E-state index contributed by atoms with van der Waals surface area (Å²) in [5.74, 6) is 1.67. The molecule has 1 aromatic carbocycles. The topological polar surface area (TPSA) is 67.4 Å². The third-order valence-electron chi connectivity index (χ3n) is 4.96. The Hall–Kier alpha value is -1.10. The Kier molecular flexibility index (Phi) is 11.9. The van der Waals surface area contributed by atoms with Crippen LogP contribution >= 0.6 is 24.0 Å². The van der Waals surface area contributed by atoms with E-state index in [2.05, 4.69) is 34.6 Å². The molecule has 2 rings (SSSR count). The van der Waals surface area contributed by atoms with Gasteiger partial charge in [0.05, 0.1) is 38.5 Å². The summed E-state index contributed by atoms with van der Waals surface area (Å²) in [5, 5.41) is 6.84. The van der Waals surface area contributed by atoms with E-state index in [1.54, 1.807) is 14.2 Å². The van der Waals surface area contributed by atoms with Gasteiger partial charge in [-0.15, -0.1) is 24.0 Å². The van der Waals surface area contributed by atoms with Gasteiger partial charge in [0.1, 0.15) is 5.75 Å². The van der Waals surface area contributed by atoms with Crippen LogP contribution in [0, 0.1) is 0 Å². The van der Waals surface area contributed by atoms with Gasteiger partial charge < -0.3 is 24.8 Å². The molecule has 0 aromatic heterocycles. The zero-order valence-corrected chi connectivity index (χ0v) is 20.7. The molecule has 0 radical (unpaired) electrons. The maximum Gasteiger partial charge on any atom is 0.191 e. The molecule has 29 heavy (non-hydrogen) atoms. The number of guanidine groups is 1. The van der Waals surface area contributed by atoms with E-state index < -0.39 is 0 Å². The van der Waals surface area contributed by atoms with Crippen molar-refractivity contribution >= 4 is 29.9 Å². The van der Waals surface area contributed by atoms with Crippen LogP contribution in [0.5, 0.6) is 5.75 Å². The number of hydrogen-bond acceptors (Lipinski definition) is 5. The average Bonchev–Trinajstić information content (AvgIpc) is 2.73. The smallest absolute Gasteiger partial charge is 0.191 e. The standard InChI is InChI=1S/C21H36N4O3.HI/c1-6-22-20(24-16-21(2,3)27-5)23-15-19(25-11-13-28-14-12-25)17-7-9-18(26-4)10-8-17;/h7-10,19H,6,11-16H2,1-5H3,(H2,22,23,24);1H. The molecule has 0 saturated carbocycles. The molecule has 1 heterocycles. The number of aliphatic imine (C=N–C) groups is 1. The van der Waals surface area contributed by atoms with Crippen LogP contribution in [0.2, 0.25) is 0 Å². The molecule has 0 bridgehead atoms. The van der Waals surface area contributed by atoms with Gasteiger partial charge in [0, 0.05) is 33.3 Å². The van der Waals surface area contributed by atoms with E-state index in [0.29, 0.717) is 6.54 Å². The number of benzene rings is 1. The number of hydrogen-bond donors (Lipinski definition) is 2. The van der Waals surface area contributed by atoms with Gasteiger partial charge in [0.25, 0.3) is 0 Å². The Bertz CT molecular complexity index is 604. The predicted molar refractivity (Wildman–Crippen MR) is 129 cm³/mol. The van der Waals surface area contributed by atoms with Gasteiger partial charge >= 0.3 is 0 Å². The molecule has 0 amide bonds. The van der Waals surface area contributed by atoms with Crippen molar-refractivity contribution in [1.82, 2.24) is 15.5 Å². The highest BCUT2D eigenvalue weighted by atomic mass is 127. The summed E-state index contributed by atoms with van der Waals surface area (Å²) in [6.07, 6.45) is 0. The lowest BCUT2D eigenvalue weighted by Gasteiger charge is -2.35. The third kappa shape index (κ3) is 8.65. The largest absolute Gasteiger partial charge is 0.497 e. The number of morpholine rings is 1. The van der Waals surface area contributed by atoms with E-state index in [1.807, 2.05) is 26.0 Å². The second-order valence-corrected chi connectivity index (χ2v) is 7.48. The number of ether oxygens (including phenoxy) is 3. The minimum atomic E-state index is -0.290. The summed E-state index contributed by atoms with van der Waals surface area (Å²) < 4.78 is 16.3. The molecule has 1 aromatic rings. The molecular weight excluding hydrogens is 483 g/mol. The zero-order valence-electron chi connectivity index (χ0n) is 18.4. The average molecular weight is 520 g/mol. The van der Waals surface area contributed by atoms with Crippen LogP contribution < -0.4 is 15.4 Å². The van der Waals surface area contributed by atoms with Gasteiger partial charge in [-0.25, -0.2) is 0 Å². The Morgan fingerprint density at radius 3 is 2.38 bits per heavy atom. The first-order valence-corrected chi connectivity index (χ1v) is 10.0. The lowest BCUT2D eigenvalue weighted by molar-refractivity contribution is 0.0169. The van der Waals surface area contributed by atoms with Crippen molar-refractivity contribution < 1.29 is 14.2 Å². The van der Waals surface area contributed by atoms with E-state index in [9.17, 15) is 0 Å². The fraction of sp³-hybridized carbons (Fsp3) is 0.667. The van der Waals surface area contributed by atoms with E-state index >= 15 is 0 Å². The summed E-state index contributed by atoms with van der Waals surface area (Å²) in [4.78, 5) is 7.16. The lowest BCUT2D eigenvalue weighted by atomic mass is 10.0. The number of methoxy groups -OCH3 is 2. The molecule has 8 heteroatoms. The first-order valence-electron chi connectivity index (χ1n) is 10.0. The second-order valence-electron chi connectivity index (χ2n) is 7.48. The van der Waals surface area contributed by atoms with Crippen molar-refractivity contribution in [2.45, 2.75) is 32.4 Å². The summed E-state index contributed by atoms with van der Waals surface area (Å²) in [6.45, 7) is 11.7. The molecular formula is C21H37IN4O3. The Morgan fingerprint density at radius 2 is 1.83 bits per heavy atom. The van der Waals surface area contributed by atoms with E-state index in [4.69, 9.17) is 19.2 Å². The van der Waals surface area contributed by atoms with Gasteiger partial charge in [-0.1, -0.05) is 12.1 Å². The Labute approximate surface area is 192 Å². The fourth-order valence-corrected chi connectivity index (χ4v) is 3.04. The SMILES string of the molecule is CCNC(=NCC(C)(C)OC)NCC(c1ccc(OC)cc1)N1CCOCC1.I. The van der Waals surface area contributed by atoms with Gasteiger partial charge in [-0.3, -0.25) is 9.89 Å². The minimum Gasteiger partial charge on any atom is -0.497 e. The van der Waals surface area contributed by atoms with Crippen molar-refractivity contribution in [3.63, 3.8) is 0 Å². The summed E-state index contributed by atoms with van der Waals surface area (Å²) in [7, 11) is 3.41.